The Morgan fingerprint density at radius 3 is 2.73 bits per heavy atom. The van der Waals surface area contributed by atoms with Gasteiger partial charge in [-0.1, -0.05) is 18.2 Å². The maximum absolute atomic E-state index is 13.0. The molecule has 1 aliphatic heterocycles. The largest absolute Gasteiger partial charge is 0.416 e. The summed E-state index contributed by atoms with van der Waals surface area (Å²) >= 11 is 0. The van der Waals surface area contributed by atoms with E-state index >= 15 is 0 Å². The molecule has 2 heterocycles. The van der Waals surface area contributed by atoms with Crippen LogP contribution in [-0.2, 0) is 11.0 Å². The second kappa shape index (κ2) is 7.98. The highest BCUT2D eigenvalue weighted by Gasteiger charge is 2.46. The normalized spacial score (nSPS) is 21.7. The monoisotopic (exact) mass is 414 g/mol. The summed E-state index contributed by atoms with van der Waals surface area (Å²) in [7, 11) is 0. The maximum Gasteiger partial charge on any atom is 0.416 e. The van der Waals surface area contributed by atoms with Gasteiger partial charge in [0.1, 0.15) is 11.9 Å². The van der Waals surface area contributed by atoms with Crippen molar-refractivity contribution in [1.29, 1.82) is 5.26 Å². The molecule has 5 nitrogen and oxygen atoms in total. The minimum absolute atomic E-state index is 0.000731. The average molecular weight is 414 g/mol. The topological polar surface area (TPSA) is 60.2 Å². The van der Waals surface area contributed by atoms with Crippen LogP contribution < -0.4 is 4.90 Å². The Bertz CT molecular complexity index is 985. The smallest absolute Gasteiger partial charge is 0.354 e. The van der Waals surface area contributed by atoms with Crippen molar-refractivity contribution >= 4 is 11.7 Å². The van der Waals surface area contributed by atoms with Crippen LogP contribution >= 0.6 is 0 Å². The summed E-state index contributed by atoms with van der Waals surface area (Å²) in [5.41, 5.74) is 0.406. The van der Waals surface area contributed by atoms with Gasteiger partial charge in [-0.05, 0) is 42.5 Å². The minimum atomic E-state index is -4.38. The Hall–Kier alpha value is -3.08. The predicted octanol–water partition coefficient (Wildman–Crippen LogP) is 3.81. The molecule has 1 aromatic carbocycles. The zero-order chi connectivity index (χ0) is 21.3. The third kappa shape index (κ3) is 4.11. The van der Waals surface area contributed by atoms with Crippen molar-refractivity contribution in [2.45, 2.75) is 24.9 Å². The Balaban J connectivity index is 1.40. The van der Waals surface area contributed by atoms with Crippen LogP contribution in [-0.4, -0.2) is 42.0 Å². The van der Waals surface area contributed by atoms with Crippen LogP contribution in [0.3, 0.4) is 0 Å². The summed E-state index contributed by atoms with van der Waals surface area (Å²) in [6.45, 7) is 2.36. The van der Waals surface area contributed by atoms with E-state index in [4.69, 9.17) is 0 Å². The summed E-state index contributed by atoms with van der Waals surface area (Å²) in [5.74, 6) is 0.216. The Kier molecular flexibility index (Phi) is 5.37. The first-order chi connectivity index (χ1) is 14.4. The molecule has 2 aromatic rings. The van der Waals surface area contributed by atoms with Gasteiger partial charge in [0.15, 0.2) is 0 Å². The molecule has 0 bridgehead atoms. The molecule has 0 N–H and O–H groups in total. The van der Waals surface area contributed by atoms with E-state index in [2.05, 4.69) is 11.1 Å². The highest BCUT2D eigenvalue weighted by Crippen LogP contribution is 2.49. The quantitative estimate of drug-likeness (QED) is 0.766. The molecule has 2 atom stereocenters. The van der Waals surface area contributed by atoms with E-state index in [1.807, 2.05) is 4.90 Å². The molecule has 1 aromatic heterocycles. The van der Waals surface area contributed by atoms with Crippen LogP contribution in [0, 0.1) is 17.2 Å². The number of anilines is 1. The van der Waals surface area contributed by atoms with Gasteiger partial charge in [0.2, 0.25) is 5.91 Å². The summed E-state index contributed by atoms with van der Waals surface area (Å²) in [6, 6.07) is 10.9. The van der Waals surface area contributed by atoms with Crippen molar-refractivity contribution in [1.82, 2.24) is 9.88 Å². The third-order valence-corrected chi connectivity index (χ3v) is 5.76. The van der Waals surface area contributed by atoms with Crippen molar-refractivity contribution in [3.05, 3.63) is 59.3 Å². The van der Waals surface area contributed by atoms with Crippen LogP contribution in [0.25, 0.3) is 0 Å². The van der Waals surface area contributed by atoms with Gasteiger partial charge in [-0.15, -0.1) is 0 Å². The first-order valence-corrected chi connectivity index (χ1v) is 9.94. The van der Waals surface area contributed by atoms with Crippen LogP contribution in [0.15, 0.2) is 42.6 Å². The molecule has 1 aliphatic carbocycles. The Morgan fingerprint density at radius 1 is 1.13 bits per heavy atom. The lowest BCUT2D eigenvalue weighted by Crippen LogP contribution is -2.36. The lowest BCUT2D eigenvalue weighted by atomic mass is 10.0. The number of hydrogen-bond acceptors (Lipinski definition) is 4. The SMILES string of the molecule is N#Cc1cccnc1N1CCCN(C(=O)C2CC2c2cccc(C(F)(F)F)c2)CC1. The van der Waals surface area contributed by atoms with Crippen LogP contribution in [0.5, 0.6) is 0 Å². The second-order valence-electron chi connectivity index (χ2n) is 7.72. The molecule has 2 aliphatic rings. The molecular formula is C22H21F3N4O. The van der Waals surface area contributed by atoms with Gasteiger partial charge < -0.3 is 9.80 Å². The zero-order valence-corrected chi connectivity index (χ0v) is 16.3. The van der Waals surface area contributed by atoms with E-state index in [0.717, 1.165) is 18.6 Å². The molecule has 1 saturated carbocycles. The summed E-state index contributed by atoms with van der Waals surface area (Å²) < 4.78 is 38.9. The fourth-order valence-electron chi connectivity index (χ4n) is 4.10. The predicted molar refractivity (Wildman–Crippen MR) is 105 cm³/mol. The summed E-state index contributed by atoms with van der Waals surface area (Å²) in [4.78, 5) is 21.1. The number of nitrogens with zero attached hydrogens (tertiary/aromatic N) is 4. The van der Waals surface area contributed by atoms with Crippen molar-refractivity contribution in [2.75, 3.05) is 31.1 Å². The van der Waals surface area contributed by atoms with Crippen molar-refractivity contribution in [3.63, 3.8) is 0 Å². The zero-order valence-electron chi connectivity index (χ0n) is 16.3. The molecule has 4 rings (SSSR count). The van der Waals surface area contributed by atoms with E-state index < -0.39 is 11.7 Å². The molecule has 1 saturated heterocycles. The highest BCUT2D eigenvalue weighted by atomic mass is 19.4. The number of carbonyl (C=O) groups is 1. The van der Waals surface area contributed by atoms with Gasteiger partial charge in [0.05, 0.1) is 11.1 Å². The first kappa shape index (κ1) is 20.2. The fourth-order valence-corrected chi connectivity index (χ4v) is 4.10. The van der Waals surface area contributed by atoms with E-state index in [1.54, 1.807) is 29.3 Å². The number of alkyl halides is 3. The number of amides is 1. The number of rotatable bonds is 3. The molecule has 1 amide bonds. The number of hydrogen-bond donors (Lipinski definition) is 0. The van der Waals surface area contributed by atoms with Crippen molar-refractivity contribution in [3.8, 4) is 6.07 Å². The summed E-state index contributed by atoms with van der Waals surface area (Å²) in [6.07, 6.45) is -1.41. The maximum atomic E-state index is 13.0. The molecule has 30 heavy (non-hydrogen) atoms. The van der Waals surface area contributed by atoms with Crippen LogP contribution in [0.2, 0.25) is 0 Å². The van der Waals surface area contributed by atoms with Gasteiger partial charge in [0.25, 0.3) is 0 Å². The second-order valence-corrected chi connectivity index (χ2v) is 7.72. The molecule has 2 unspecified atom stereocenters. The van der Waals surface area contributed by atoms with E-state index in [-0.39, 0.29) is 17.7 Å². The molecule has 0 radical (unpaired) electrons. The minimum Gasteiger partial charge on any atom is -0.354 e. The Labute approximate surface area is 172 Å². The van der Waals surface area contributed by atoms with Crippen LogP contribution in [0.4, 0.5) is 19.0 Å². The van der Waals surface area contributed by atoms with Crippen LogP contribution in [0.1, 0.15) is 35.4 Å². The van der Waals surface area contributed by atoms with Gasteiger partial charge in [0, 0.05) is 38.3 Å². The van der Waals surface area contributed by atoms with Gasteiger partial charge in [-0.2, -0.15) is 18.4 Å². The first-order valence-electron chi connectivity index (χ1n) is 9.94. The van der Waals surface area contributed by atoms with Gasteiger partial charge >= 0.3 is 6.18 Å². The number of halogens is 3. The fraction of sp³-hybridized carbons (Fsp3) is 0.409. The number of nitriles is 1. The van der Waals surface area contributed by atoms with Gasteiger partial charge in [-0.3, -0.25) is 4.79 Å². The molecule has 156 valence electrons. The Morgan fingerprint density at radius 2 is 1.97 bits per heavy atom. The van der Waals surface area contributed by atoms with E-state index in [0.29, 0.717) is 49.5 Å². The van der Waals surface area contributed by atoms with Crippen molar-refractivity contribution in [2.24, 2.45) is 5.92 Å². The molecule has 2 fully saturated rings. The van der Waals surface area contributed by atoms with Gasteiger partial charge in [-0.25, -0.2) is 4.98 Å². The number of pyridine rings is 1. The molecule has 8 heteroatoms. The number of aromatic nitrogens is 1. The van der Waals surface area contributed by atoms with E-state index in [9.17, 15) is 23.2 Å². The number of carbonyl (C=O) groups excluding carboxylic acids is 1. The summed E-state index contributed by atoms with van der Waals surface area (Å²) in [5, 5.41) is 9.30. The van der Waals surface area contributed by atoms with Crippen molar-refractivity contribution < 1.29 is 18.0 Å². The molecule has 0 spiro atoms. The number of benzene rings is 1. The standard InChI is InChI=1S/C22H21F3N4O/c23-22(24,25)17-6-1-4-15(12-17)18-13-19(18)21(30)29-9-3-8-28(10-11-29)20-16(14-26)5-2-7-27-20/h1-2,4-7,12,18-19H,3,8-11,13H2. The highest BCUT2D eigenvalue weighted by molar-refractivity contribution is 5.83. The molecular weight excluding hydrogens is 393 g/mol. The average Bonchev–Trinajstić information content (AvgIpc) is 3.56. The van der Waals surface area contributed by atoms with E-state index in [1.165, 1.54) is 6.07 Å². The lowest BCUT2D eigenvalue weighted by Gasteiger charge is -2.23. The third-order valence-electron chi connectivity index (χ3n) is 5.76. The lowest BCUT2D eigenvalue weighted by molar-refractivity contribution is -0.137.